The fourth-order valence-electron chi connectivity index (χ4n) is 2.34. The Morgan fingerprint density at radius 1 is 1.04 bits per heavy atom. The molecule has 7 heteroatoms. The van der Waals surface area contributed by atoms with Crippen LogP contribution >= 0.6 is 0 Å². The molecule has 0 saturated heterocycles. The van der Waals surface area contributed by atoms with Crippen LogP contribution in [0, 0.1) is 0 Å². The highest BCUT2D eigenvalue weighted by atomic mass is 32.2. The predicted octanol–water partition coefficient (Wildman–Crippen LogP) is 2.35. The minimum Gasteiger partial charge on any atom is -0.497 e. The number of fused-ring (bicyclic) bond motifs is 1. The molecule has 23 heavy (non-hydrogen) atoms. The maximum absolute atomic E-state index is 12.4. The van der Waals surface area contributed by atoms with Gasteiger partial charge in [-0.1, -0.05) is 6.07 Å². The zero-order valence-corrected chi connectivity index (χ0v) is 13.2. The topological polar surface area (TPSA) is 81.7 Å². The molecule has 1 amide bonds. The highest BCUT2D eigenvalue weighted by Gasteiger charge is 2.21. The Balaban J connectivity index is 1.89. The van der Waals surface area contributed by atoms with Crippen molar-refractivity contribution in [2.45, 2.75) is 17.7 Å². The second kappa shape index (κ2) is 5.92. The Kier molecular flexibility index (Phi) is 3.96. The van der Waals surface area contributed by atoms with Gasteiger partial charge in [-0.3, -0.25) is 4.79 Å². The van der Waals surface area contributed by atoms with Gasteiger partial charge in [-0.2, -0.15) is 8.42 Å². The molecule has 2 aromatic rings. The molecule has 0 aromatic heterocycles. The Hall–Kier alpha value is -2.54. The Morgan fingerprint density at radius 2 is 1.83 bits per heavy atom. The first-order chi connectivity index (χ1) is 11.0. The van der Waals surface area contributed by atoms with Crippen LogP contribution in [0.3, 0.4) is 0 Å². The quantitative estimate of drug-likeness (QED) is 0.869. The van der Waals surface area contributed by atoms with E-state index >= 15 is 0 Å². The number of carbonyl (C=O) groups is 1. The first kappa shape index (κ1) is 15.4. The molecule has 0 radical (unpaired) electrons. The number of nitrogens with one attached hydrogen (secondary N) is 1. The summed E-state index contributed by atoms with van der Waals surface area (Å²) in [5.74, 6) is 0.613. The molecule has 0 bridgehead atoms. The first-order valence-electron chi connectivity index (χ1n) is 6.99. The molecule has 1 heterocycles. The van der Waals surface area contributed by atoms with Gasteiger partial charge in [-0.15, -0.1) is 0 Å². The van der Waals surface area contributed by atoms with Crippen molar-refractivity contribution in [3.63, 3.8) is 0 Å². The van der Waals surface area contributed by atoms with Gasteiger partial charge in [0.15, 0.2) is 0 Å². The van der Waals surface area contributed by atoms with E-state index in [2.05, 4.69) is 5.32 Å². The summed E-state index contributed by atoms with van der Waals surface area (Å²) in [7, 11) is -2.46. The van der Waals surface area contributed by atoms with Crippen molar-refractivity contribution < 1.29 is 22.1 Å². The van der Waals surface area contributed by atoms with Gasteiger partial charge in [0, 0.05) is 18.2 Å². The van der Waals surface area contributed by atoms with Gasteiger partial charge >= 0.3 is 10.1 Å². The number of aryl methyl sites for hydroxylation is 1. The third-order valence-electron chi connectivity index (χ3n) is 3.51. The van der Waals surface area contributed by atoms with Gasteiger partial charge in [0.1, 0.15) is 16.4 Å². The molecule has 120 valence electrons. The van der Waals surface area contributed by atoms with Gasteiger partial charge in [0.25, 0.3) is 0 Å². The average molecular weight is 333 g/mol. The lowest BCUT2D eigenvalue weighted by Gasteiger charge is -2.17. The smallest absolute Gasteiger partial charge is 0.339 e. The van der Waals surface area contributed by atoms with Gasteiger partial charge in [-0.05, 0) is 42.3 Å². The molecule has 6 nitrogen and oxygen atoms in total. The summed E-state index contributed by atoms with van der Waals surface area (Å²) in [6.07, 6.45) is 0.844. The molecular formula is C16H15NO5S. The molecular weight excluding hydrogens is 318 g/mol. The van der Waals surface area contributed by atoms with E-state index in [1.807, 2.05) is 0 Å². The van der Waals surface area contributed by atoms with Crippen LogP contribution in [0.25, 0.3) is 0 Å². The minimum absolute atomic E-state index is 0.0511. The van der Waals surface area contributed by atoms with Crippen molar-refractivity contribution in [2.75, 3.05) is 12.4 Å². The van der Waals surface area contributed by atoms with Crippen molar-refractivity contribution in [2.24, 2.45) is 0 Å². The van der Waals surface area contributed by atoms with E-state index < -0.39 is 10.1 Å². The second-order valence-electron chi connectivity index (χ2n) is 5.08. The van der Waals surface area contributed by atoms with Gasteiger partial charge in [0.2, 0.25) is 5.91 Å². The van der Waals surface area contributed by atoms with Crippen LogP contribution in [0.5, 0.6) is 11.5 Å². The number of rotatable bonds is 4. The molecule has 0 spiro atoms. The molecule has 0 fully saturated rings. The Morgan fingerprint density at radius 3 is 2.61 bits per heavy atom. The average Bonchev–Trinajstić information content (AvgIpc) is 2.54. The number of hydrogen-bond donors (Lipinski definition) is 1. The lowest BCUT2D eigenvalue weighted by atomic mass is 10.0. The summed E-state index contributed by atoms with van der Waals surface area (Å²) in [4.78, 5) is 11.4. The van der Waals surface area contributed by atoms with E-state index in [9.17, 15) is 13.2 Å². The van der Waals surface area contributed by atoms with E-state index in [0.717, 1.165) is 5.56 Å². The molecule has 0 aliphatic carbocycles. The van der Waals surface area contributed by atoms with Crippen LogP contribution in [0.1, 0.15) is 12.0 Å². The summed E-state index contributed by atoms with van der Waals surface area (Å²) in [6, 6.07) is 10.9. The number of ether oxygens (including phenoxy) is 1. The van der Waals surface area contributed by atoms with Crippen molar-refractivity contribution in [1.29, 1.82) is 0 Å². The van der Waals surface area contributed by atoms with E-state index in [1.54, 1.807) is 24.3 Å². The molecule has 0 atom stereocenters. The number of anilines is 1. The van der Waals surface area contributed by atoms with E-state index in [4.69, 9.17) is 8.92 Å². The lowest BCUT2D eigenvalue weighted by Crippen LogP contribution is -2.19. The Labute approximate surface area is 134 Å². The number of hydrogen-bond acceptors (Lipinski definition) is 5. The molecule has 1 aliphatic heterocycles. The van der Waals surface area contributed by atoms with Crippen LogP contribution in [0.4, 0.5) is 5.69 Å². The van der Waals surface area contributed by atoms with Crippen LogP contribution in [-0.2, 0) is 21.3 Å². The lowest BCUT2D eigenvalue weighted by molar-refractivity contribution is -0.116. The maximum Gasteiger partial charge on any atom is 0.339 e. The summed E-state index contributed by atoms with van der Waals surface area (Å²) < 4.78 is 35.0. The maximum atomic E-state index is 12.4. The number of benzene rings is 2. The largest absolute Gasteiger partial charge is 0.497 e. The second-order valence-corrected chi connectivity index (χ2v) is 6.63. The van der Waals surface area contributed by atoms with E-state index in [-0.39, 0.29) is 16.6 Å². The fraction of sp³-hybridized carbons (Fsp3) is 0.188. The number of methoxy groups -OCH3 is 1. The normalized spacial score (nSPS) is 13.9. The molecule has 0 saturated carbocycles. The van der Waals surface area contributed by atoms with E-state index in [0.29, 0.717) is 24.3 Å². The monoisotopic (exact) mass is 333 g/mol. The summed E-state index contributed by atoms with van der Waals surface area (Å²) >= 11 is 0. The SMILES string of the molecule is COc1cccc(OS(=O)(=O)c2ccc3c(c2)CCC(=O)N3)c1. The van der Waals surface area contributed by atoms with Gasteiger partial charge < -0.3 is 14.2 Å². The molecule has 2 aromatic carbocycles. The molecule has 3 rings (SSSR count). The van der Waals surface area contributed by atoms with Crippen molar-refractivity contribution in [3.8, 4) is 11.5 Å². The third-order valence-corrected chi connectivity index (χ3v) is 4.75. The molecule has 0 unspecified atom stereocenters. The zero-order chi connectivity index (χ0) is 16.4. The van der Waals surface area contributed by atoms with Gasteiger partial charge in [-0.25, -0.2) is 0 Å². The predicted molar refractivity (Wildman–Crippen MR) is 84.2 cm³/mol. The number of carbonyl (C=O) groups excluding carboxylic acids is 1. The molecule has 1 aliphatic rings. The summed E-state index contributed by atoms with van der Waals surface area (Å²) in [5.41, 5.74) is 1.42. The van der Waals surface area contributed by atoms with Crippen LogP contribution in [-0.4, -0.2) is 21.4 Å². The third kappa shape index (κ3) is 3.29. The zero-order valence-electron chi connectivity index (χ0n) is 12.4. The van der Waals surface area contributed by atoms with Crippen molar-refractivity contribution in [3.05, 3.63) is 48.0 Å². The van der Waals surface area contributed by atoms with Crippen LogP contribution < -0.4 is 14.2 Å². The highest BCUT2D eigenvalue weighted by molar-refractivity contribution is 7.87. The highest BCUT2D eigenvalue weighted by Crippen LogP contribution is 2.28. The standard InChI is InChI=1S/C16H15NO5S/c1-21-12-3-2-4-13(10-12)22-23(19,20)14-6-7-15-11(9-14)5-8-16(18)17-15/h2-4,6-7,9-10H,5,8H2,1H3,(H,17,18). The Bertz CT molecular complexity index is 861. The molecule has 1 N–H and O–H groups in total. The summed E-state index contributed by atoms with van der Waals surface area (Å²) in [6.45, 7) is 0. The fourth-order valence-corrected chi connectivity index (χ4v) is 3.32. The van der Waals surface area contributed by atoms with Crippen molar-refractivity contribution in [1.82, 2.24) is 0 Å². The first-order valence-corrected chi connectivity index (χ1v) is 8.40. The minimum atomic E-state index is -3.95. The van der Waals surface area contributed by atoms with E-state index in [1.165, 1.54) is 25.3 Å². The number of amides is 1. The van der Waals surface area contributed by atoms with Gasteiger partial charge in [0.05, 0.1) is 7.11 Å². The van der Waals surface area contributed by atoms with Crippen LogP contribution in [0.15, 0.2) is 47.4 Å². The van der Waals surface area contributed by atoms with Crippen molar-refractivity contribution >= 4 is 21.7 Å². The van der Waals surface area contributed by atoms with Crippen LogP contribution in [0.2, 0.25) is 0 Å². The summed E-state index contributed by atoms with van der Waals surface area (Å²) in [5, 5.41) is 2.71.